The Morgan fingerprint density at radius 2 is 2.00 bits per heavy atom. The van der Waals surface area contributed by atoms with E-state index in [4.69, 9.17) is 0 Å². The van der Waals surface area contributed by atoms with Crippen molar-refractivity contribution in [1.82, 2.24) is 10.2 Å². The third-order valence-corrected chi connectivity index (χ3v) is 5.27. The molecule has 2 heterocycles. The maximum Gasteiger partial charge on any atom is 0.0223 e. The van der Waals surface area contributed by atoms with Gasteiger partial charge in [0.15, 0.2) is 0 Å². The fraction of sp³-hybridized carbons (Fsp3) is 0.778. The fourth-order valence-corrected chi connectivity index (χ4v) is 4.11. The largest absolute Gasteiger partial charge is 0.311 e. The first-order valence-corrected chi connectivity index (χ1v) is 9.42. The van der Waals surface area contributed by atoms with Crippen LogP contribution < -0.4 is 5.32 Å². The van der Waals surface area contributed by atoms with E-state index in [1.807, 2.05) is 11.3 Å². The third-order valence-electron chi connectivity index (χ3n) is 4.34. The highest BCUT2D eigenvalue weighted by atomic mass is 32.1. The van der Waals surface area contributed by atoms with E-state index in [0.717, 1.165) is 11.8 Å². The molecule has 0 saturated carbocycles. The quantitative estimate of drug-likeness (QED) is 0.818. The van der Waals surface area contributed by atoms with E-state index in [1.165, 1.54) is 43.8 Å². The molecule has 2 nitrogen and oxygen atoms in total. The second-order valence-electron chi connectivity index (χ2n) is 7.34. The minimum absolute atomic E-state index is 0.678. The smallest absolute Gasteiger partial charge is 0.0223 e. The lowest BCUT2D eigenvalue weighted by molar-refractivity contribution is 0.108. The molecule has 0 aliphatic carbocycles. The Morgan fingerprint density at radius 1 is 1.24 bits per heavy atom. The molecule has 0 bridgehead atoms. The zero-order valence-electron chi connectivity index (χ0n) is 14.1. The van der Waals surface area contributed by atoms with Crippen LogP contribution in [0, 0.1) is 11.8 Å². The topological polar surface area (TPSA) is 15.3 Å². The van der Waals surface area contributed by atoms with Crippen LogP contribution in [0.15, 0.2) is 17.5 Å². The van der Waals surface area contributed by atoms with Crippen LogP contribution in [0.1, 0.15) is 45.4 Å². The highest BCUT2D eigenvalue weighted by molar-refractivity contribution is 7.09. The lowest BCUT2D eigenvalue weighted by Gasteiger charge is -2.41. The van der Waals surface area contributed by atoms with Gasteiger partial charge in [-0.15, -0.1) is 11.3 Å². The van der Waals surface area contributed by atoms with Crippen molar-refractivity contribution in [3.05, 3.63) is 22.4 Å². The maximum absolute atomic E-state index is 3.79. The van der Waals surface area contributed by atoms with Crippen molar-refractivity contribution in [3.63, 3.8) is 0 Å². The summed E-state index contributed by atoms with van der Waals surface area (Å²) >= 11 is 1.90. The average Bonchev–Trinajstić information content (AvgIpc) is 2.90. The molecule has 1 aromatic rings. The van der Waals surface area contributed by atoms with Crippen molar-refractivity contribution in [2.24, 2.45) is 11.8 Å². The second kappa shape index (κ2) is 8.30. The van der Waals surface area contributed by atoms with E-state index >= 15 is 0 Å². The molecule has 3 heteroatoms. The summed E-state index contributed by atoms with van der Waals surface area (Å²) in [5, 5.41) is 5.98. The van der Waals surface area contributed by atoms with Crippen LogP contribution in [-0.4, -0.2) is 36.6 Å². The number of hydrogen-bond donors (Lipinski definition) is 1. The van der Waals surface area contributed by atoms with Crippen molar-refractivity contribution < 1.29 is 0 Å². The van der Waals surface area contributed by atoms with Crippen LogP contribution in [-0.2, 0) is 6.42 Å². The third kappa shape index (κ3) is 5.72. The van der Waals surface area contributed by atoms with Gasteiger partial charge >= 0.3 is 0 Å². The molecule has 1 N–H and O–H groups in total. The number of thiophene rings is 1. The molecule has 2 unspecified atom stereocenters. The van der Waals surface area contributed by atoms with Gasteiger partial charge in [0.2, 0.25) is 0 Å². The van der Waals surface area contributed by atoms with Gasteiger partial charge in [-0.3, -0.25) is 4.90 Å². The summed E-state index contributed by atoms with van der Waals surface area (Å²) in [7, 11) is 0. The minimum atomic E-state index is 0.678. The summed E-state index contributed by atoms with van der Waals surface area (Å²) in [6.45, 7) is 13.0. The molecule has 2 atom stereocenters. The summed E-state index contributed by atoms with van der Waals surface area (Å²) in [5.74, 6) is 1.56. The van der Waals surface area contributed by atoms with Crippen molar-refractivity contribution in [1.29, 1.82) is 0 Å². The summed E-state index contributed by atoms with van der Waals surface area (Å²) in [5.41, 5.74) is 0. The average molecular weight is 309 g/mol. The van der Waals surface area contributed by atoms with Gasteiger partial charge in [-0.25, -0.2) is 0 Å². The van der Waals surface area contributed by atoms with E-state index in [1.54, 1.807) is 0 Å². The van der Waals surface area contributed by atoms with Crippen LogP contribution in [0.25, 0.3) is 0 Å². The number of nitrogens with one attached hydrogen (secondary N) is 1. The molecule has 1 saturated heterocycles. The van der Waals surface area contributed by atoms with Gasteiger partial charge in [0.05, 0.1) is 0 Å². The van der Waals surface area contributed by atoms with Gasteiger partial charge < -0.3 is 5.32 Å². The molecule has 0 radical (unpaired) electrons. The highest BCUT2D eigenvalue weighted by Gasteiger charge is 2.28. The molecule has 120 valence electrons. The van der Waals surface area contributed by atoms with Crippen LogP contribution in [0.2, 0.25) is 0 Å². The van der Waals surface area contributed by atoms with E-state index < -0.39 is 0 Å². The van der Waals surface area contributed by atoms with Crippen molar-refractivity contribution >= 4 is 11.3 Å². The monoisotopic (exact) mass is 308 g/mol. The predicted molar refractivity (Wildman–Crippen MR) is 94.1 cm³/mol. The first-order chi connectivity index (χ1) is 10.0. The van der Waals surface area contributed by atoms with Crippen LogP contribution in [0.5, 0.6) is 0 Å². The molecule has 21 heavy (non-hydrogen) atoms. The lowest BCUT2D eigenvalue weighted by Crippen LogP contribution is -2.57. The number of nitrogens with zero attached hydrogens (tertiary/aromatic N) is 1. The van der Waals surface area contributed by atoms with Crippen LogP contribution in [0.4, 0.5) is 0 Å². The lowest BCUT2D eigenvalue weighted by atomic mass is 9.95. The number of piperazine rings is 1. The minimum Gasteiger partial charge on any atom is -0.311 e. The van der Waals surface area contributed by atoms with Gasteiger partial charge in [0.25, 0.3) is 0 Å². The Labute approximate surface area is 134 Å². The zero-order chi connectivity index (χ0) is 15.2. The molecular formula is C18H32N2S. The van der Waals surface area contributed by atoms with E-state index in [0.29, 0.717) is 12.1 Å². The van der Waals surface area contributed by atoms with Crippen LogP contribution >= 0.6 is 11.3 Å². The standard InChI is InChI=1S/C18H32N2S/c1-14(2)10-16-13-20(8-7-18-6-5-9-21-18)17(12-19-16)11-15(3)4/h5-6,9,14-17,19H,7-8,10-13H2,1-4H3. The van der Waals surface area contributed by atoms with E-state index in [9.17, 15) is 0 Å². The van der Waals surface area contributed by atoms with Gasteiger partial charge in [0.1, 0.15) is 0 Å². The van der Waals surface area contributed by atoms with Crippen LogP contribution in [0.3, 0.4) is 0 Å². The Hall–Kier alpha value is -0.380. The van der Waals surface area contributed by atoms with E-state index in [-0.39, 0.29) is 0 Å². The summed E-state index contributed by atoms with van der Waals surface area (Å²) in [6.07, 6.45) is 3.82. The van der Waals surface area contributed by atoms with Gasteiger partial charge in [-0.2, -0.15) is 0 Å². The summed E-state index contributed by atoms with van der Waals surface area (Å²) in [6, 6.07) is 5.84. The van der Waals surface area contributed by atoms with E-state index in [2.05, 4.69) is 55.4 Å². The normalized spacial score (nSPS) is 24.1. The Balaban J connectivity index is 1.91. The Kier molecular flexibility index (Phi) is 6.72. The zero-order valence-corrected chi connectivity index (χ0v) is 15.0. The van der Waals surface area contributed by atoms with Crippen molar-refractivity contribution in [2.45, 2.75) is 59.0 Å². The second-order valence-corrected chi connectivity index (χ2v) is 8.37. The SMILES string of the molecule is CC(C)CC1CN(CCc2cccs2)C(CC(C)C)CN1. The number of hydrogen-bond acceptors (Lipinski definition) is 3. The summed E-state index contributed by atoms with van der Waals surface area (Å²) < 4.78 is 0. The maximum atomic E-state index is 3.79. The van der Waals surface area contributed by atoms with Gasteiger partial charge in [-0.1, -0.05) is 33.8 Å². The highest BCUT2D eigenvalue weighted by Crippen LogP contribution is 2.19. The summed E-state index contributed by atoms with van der Waals surface area (Å²) in [4.78, 5) is 4.28. The molecule has 2 rings (SSSR count). The number of rotatable bonds is 7. The van der Waals surface area contributed by atoms with Crippen molar-refractivity contribution in [2.75, 3.05) is 19.6 Å². The first kappa shape index (κ1) is 17.0. The first-order valence-electron chi connectivity index (χ1n) is 8.54. The molecule has 1 aliphatic heterocycles. The Morgan fingerprint density at radius 3 is 2.62 bits per heavy atom. The molecule has 1 aliphatic rings. The van der Waals surface area contributed by atoms with Crippen molar-refractivity contribution in [3.8, 4) is 0 Å². The Bertz CT molecular complexity index is 386. The van der Waals surface area contributed by atoms with Gasteiger partial charge in [-0.05, 0) is 42.5 Å². The predicted octanol–water partition coefficient (Wildman–Crippen LogP) is 4.03. The molecule has 1 aromatic heterocycles. The molecular weight excluding hydrogens is 276 g/mol. The molecule has 0 aromatic carbocycles. The molecule has 1 fully saturated rings. The molecule has 0 amide bonds. The molecule has 0 spiro atoms. The van der Waals surface area contributed by atoms with Gasteiger partial charge in [0, 0.05) is 36.6 Å². The fourth-order valence-electron chi connectivity index (χ4n) is 3.41.